The van der Waals surface area contributed by atoms with Crippen LogP contribution in [0.2, 0.25) is 5.02 Å². The van der Waals surface area contributed by atoms with E-state index in [0.717, 1.165) is 12.8 Å². The standard InChI is InChI=1S/C15H17ClN6O2S/c16-10-4-3-5-11(8-10)22-15(18-19-20-22)25-9-13(23)21-7-2-1-6-12(21)14(17)24/h3-5,8,12H,1-2,6-7,9H2,(H2,17,24)/t12-/m0/s1. The van der Waals surface area contributed by atoms with E-state index in [2.05, 4.69) is 15.5 Å². The molecular formula is C15H17ClN6O2S. The van der Waals surface area contributed by atoms with E-state index >= 15 is 0 Å². The molecule has 8 nitrogen and oxygen atoms in total. The fourth-order valence-corrected chi connectivity index (χ4v) is 3.74. The Hall–Kier alpha value is -2.13. The van der Waals surface area contributed by atoms with E-state index in [1.54, 1.807) is 23.1 Å². The fraction of sp³-hybridized carbons (Fsp3) is 0.400. The van der Waals surface area contributed by atoms with Crippen LogP contribution in [0.1, 0.15) is 19.3 Å². The van der Waals surface area contributed by atoms with Crippen molar-refractivity contribution in [3.63, 3.8) is 0 Å². The van der Waals surface area contributed by atoms with E-state index in [0.29, 0.717) is 28.8 Å². The summed E-state index contributed by atoms with van der Waals surface area (Å²) in [6, 6.07) is 6.58. The normalized spacial score (nSPS) is 17.5. The number of halogens is 1. The number of primary amides is 1. The lowest BCUT2D eigenvalue weighted by atomic mass is 10.0. The third kappa shape index (κ3) is 4.10. The molecule has 1 aliphatic rings. The summed E-state index contributed by atoms with van der Waals surface area (Å²) >= 11 is 7.21. The van der Waals surface area contributed by atoms with Crippen LogP contribution in [0.3, 0.4) is 0 Å². The second-order valence-corrected chi connectivity index (χ2v) is 7.02. The van der Waals surface area contributed by atoms with Gasteiger partial charge in [0.15, 0.2) is 0 Å². The van der Waals surface area contributed by atoms with Gasteiger partial charge in [0.1, 0.15) is 6.04 Å². The Morgan fingerprint density at radius 1 is 1.36 bits per heavy atom. The average molecular weight is 381 g/mol. The number of benzene rings is 1. The smallest absolute Gasteiger partial charge is 0.240 e. The summed E-state index contributed by atoms with van der Waals surface area (Å²) in [6.07, 6.45) is 2.39. The maximum Gasteiger partial charge on any atom is 0.240 e. The SMILES string of the molecule is NC(=O)[C@@H]1CCCCN1C(=O)CSc1nnnn1-c1cccc(Cl)c1. The molecule has 25 heavy (non-hydrogen) atoms. The number of amides is 2. The molecule has 3 rings (SSSR count). The van der Waals surface area contributed by atoms with Gasteiger partial charge in [0.2, 0.25) is 17.0 Å². The van der Waals surface area contributed by atoms with E-state index in [-0.39, 0.29) is 11.7 Å². The average Bonchev–Trinajstić information content (AvgIpc) is 3.08. The van der Waals surface area contributed by atoms with Gasteiger partial charge < -0.3 is 10.6 Å². The summed E-state index contributed by atoms with van der Waals surface area (Å²) in [5, 5.41) is 12.6. The van der Waals surface area contributed by atoms with Crippen LogP contribution in [-0.4, -0.2) is 55.3 Å². The first-order chi connectivity index (χ1) is 12.1. The Morgan fingerprint density at radius 3 is 2.96 bits per heavy atom. The van der Waals surface area contributed by atoms with Crippen molar-refractivity contribution in [1.29, 1.82) is 0 Å². The zero-order valence-electron chi connectivity index (χ0n) is 13.3. The number of nitrogens with zero attached hydrogens (tertiary/aromatic N) is 5. The molecule has 2 aromatic rings. The van der Waals surface area contributed by atoms with E-state index < -0.39 is 11.9 Å². The van der Waals surface area contributed by atoms with Crippen molar-refractivity contribution in [2.24, 2.45) is 5.73 Å². The highest BCUT2D eigenvalue weighted by atomic mass is 35.5. The van der Waals surface area contributed by atoms with Crippen molar-refractivity contribution < 1.29 is 9.59 Å². The molecule has 10 heteroatoms. The number of nitrogens with two attached hydrogens (primary N) is 1. The minimum Gasteiger partial charge on any atom is -0.368 e. The Labute approximate surface area is 153 Å². The van der Waals surface area contributed by atoms with Crippen molar-refractivity contribution >= 4 is 35.2 Å². The molecule has 0 unspecified atom stereocenters. The minimum absolute atomic E-state index is 0.130. The highest BCUT2D eigenvalue weighted by molar-refractivity contribution is 7.99. The Kier molecular flexibility index (Phi) is 5.54. The maximum absolute atomic E-state index is 12.5. The highest BCUT2D eigenvalue weighted by Crippen LogP contribution is 2.23. The van der Waals surface area contributed by atoms with Gasteiger partial charge in [-0.2, -0.15) is 4.68 Å². The number of tetrazole rings is 1. The monoisotopic (exact) mass is 380 g/mol. The third-order valence-corrected chi connectivity index (χ3v) is 5.11. The van der Waals surface area contributed by atoms with Gasteiger partial charge in [-0.05, 0) is 47.9 Å². The molecule has 0 spiro atoms. The van der Waals surface area contributed by atoms with Gasteiger partial charge in [-0.25, -0.2) is 0 Å². The molecule has 0 aliphatic carbocycles. The molecule has 1 atom stereocenters. The number of likely N-dealkylation sites (tertiary alicyclic amines) is 1. The first kappa shape index (κ1) is 17.7. The van der Waals surface area contributed by atoms with E-state index in [4.69, 9.17) is 17.3 Å². The van der Waals surface area contributed by atoms with Crippen LogP contribution >= 0.6 is 23.4 Å². The maximum atomic E-state index is 12.5. The number of thioether (sulfide) groups is 1. The number of hydrogen-bond donors (Lipinski definition) is 1. The van der Waals surface area contributed by atoms with Gasteiger partial charge in [-0.1, -0.05) is 29.4 Å². The zero-order valence-corrected chi connectivity index (χ0v) is 14.9. The number of piperidine rings is 1. The number of carbonyl (C=O) groups is 2. The first-order valence-electron chi connectivity index (χ1n) is 7.82. The summed E-state index contributed by atoms with van der Waals surface area (Å²) in [6.45, 7) is 0.548. The number of aromatic nitrogens is 4. The largest absolute Gasteiger partial charge is 0.368 e. The molecule has 1 aromatic heterocycles. The van der Waals surface area contributed by atoms with Gasteiger partial charge in [-0.3, -0.25) is 9.59 Å². The zero-order chi connectivity index (χ0) is 17.8. The van der Waals surface area contributed by atoms with Crippen LogP contribution < -0.4 is 5.73 Å². The fourth-order valence-electron chi connectivity index (χ4n) is 2.77. The Morgan fingerprint density at radius 2 is 2.20 bits per heavy atom. The minimum atomic E-state index is -0.522. The third-order valence-electron chi connectivity index (χ3n) is 3.97. The number of carbonyl (C=O) groups excluding carboxylic acids is 2. The summed E-state index contributed by atoms with van der Waals surface area (Å²) in [7, 11) is 0. The van der Waals surface area contributed by atoms with Crippen LogP contribution in [0.15, 0.2) is 29.4 Å². The molecule has 1 aliphatic heterocycles. The van der Waals surface area contributed by atoms with E-state index in [1.807, 2.05) is 6.07 Å². The van der Waals surface area contributed by atoms with Crippen molar-refractivity contribution in [2.45, 2.75) is 30.5 Å². The molecule has 132 valence electrons. The van der Waals surface area contributed by atoms with E-state index in [9.17, 15) is 9.59 Å². The summed E-state index contributed by atoms with van der Waals surface area (Å²) in [4.78, 5) is 25.6. The molecule has 2 N–H and O–H groups in total. The van der Waals surface area contributed by atoms with Crippen LogP contribution in [0.4, 0.5) is 0 Å². The quantitative estimate of drug-likeness (QED) is 0.783. The van der Waals surface area contributed by atoms with Gasteiger partial charge in [0, 0.05) is 11.6 Å². The van der Waals surface area contributed by atoms with Gasteiger partial charge in [0.25, 0.3) is 0 Å². The predicted octanol–water partition coefficient (Wildman–Crippen LogP) is 1.27. The molecule has 1 saturated heterocycles. The molecular weight excluding hydrogens is 364 g/mol. The Balaban J connectivity index is 1.69. The summed E-state index contributed by atoms with van der Waals surface area (Å²) in [5.74, 6) is -0.471. The number of hydrogen-bond acceptors (Lipinski definition) is 6. The molecule has 0 bridgehead atoms. The van der Waals surface area contributed by atoms with Crippen molar-refractivity contribution in [3.8, 4) is 5.69 Å². The highest BCUT2D eigenvalue weighted by Gasteiger charge is 2.30. The molecule has 1 fully saturated rings. The lowest BCUT2D eigenvalue weighted by molar-refractivity contribution is -0.138. The topological polar surface area (TPSA) is 107 Å². The van der Waals surface area contributed by atoms with Gasteiger partial charge in [-0.15, -0.1) is 5.10 Å². The molecule has 2 amide bonds. The van der Waals surface area contributed by atoms with Crippen molar-refractivity contribution in [2.75, 3.05) is 12.3 Å². The van der Waals surface area contributed by atoms with Crippen LogP contribution in [0, 0.1) is 0 Å². The van der Waals surface area contributed by atoms with Crippen LogP contribution in [0.5, 0.6) is 0 Å². The molecule has 0 radical (unpaired) electrons. The van der Waals surface area contributed by atoms with Crippen molar-refractivity contribution in [1.82, 2.24) is 25.1 Å². The first-order valence-corrected chi connectivity index (χ1v) is 9.18. The molecule has 1 aromatic carbocycles. The Bertz CT molecular complexity index is 783. The summed E-state index contributed by atoms with van der Waals surface area (Å²) in [5.41, 5.74) is 6.12. The summed E-state index contributed by atoms with van der Waals surface area (Å²) < 4.78 is 1.52. The van der Waals surface area contributed by atoms with Gasteiger partial charge >= 0.3 is 0 Å². The van der Waals surface area contributed by atoms with Crippen LogP contribution in [-0.2, 0) is 9.59 Å². The van der Waals surface area contributed by atoms with Gasteiger partial charge in [0.05, 0.1) is 11.4 Å². The second kappa shape index (κ2) is 7.83. The lowest BCUT2D eigenvalue weighted by Crippen LogP contribution is -2.51. The second-order valence-electron chi connectivity index (χ2n) is 5.64. The van der Waals surface area contributed by atoms with Crippen molar-refractivity contribution in [3.05, 3.63) is 29.3 Å². The molecule has 0 saturated carbocycles. The lowest BCUT2D eigenvalue weighted by Gasteiger charge is -2.33. The van der Waals surface area contributed by atoms with E-state index in [1.165, 1.54) is 16.4 Å². The predicted molar refractivity (Wildman–Crippen MR) is 93.4 cm³/mol. The number of rotatable bonds is 5. The molecule has 2 heterocycles. The van der Waals surface area contributed by atoms with Crippen LogP contribution in [0.25, 0.3) is 5.69 Å².